The van der Waals surface area contributed by atoms with Crippen molar-refractivity contribution < 1.29 is 38.8 Å². The van der Waals surface area contributed by atoms with Crippen LogP contribution in [0.15, 0.2) is 21.3 Å². The van der Waals surface area contributed by atoms with Crippen molar-refractivity contribution >= 4 is 66.8 Å². The highest BCUT2D eigenvalue weighted by Crippen LogP contribution is 2.44. The highest BCUT2D eigenvalue weighted by molar-refractivity contribution is 9.10. The number of pyridine rings is 2. The summed E-state index contributed by atoms with van der Waals surface area (Å²) in [7, 11) is 0. The Hall–Kier alpha value is -2.95. The van der Waals surface area contributed by atoms with Crippen LogP contribution in [0.5, 0.6) is 5.88 Å². The summed E-state index contributed by atoms with van der Waals surface area (Å²) in [6.45, 7) is 7.19. The molecule has 2 aromatic rings. The zero-order valence-electron chi connectivity index (χ0n) is 22.4. The molecule has 232 valence electrons. The van der Waals surface area contributed by atoms with Crippen LogP contribution in [0, 0.1) is 34.1 Å². The molecule has 0 bridgehead atoms. The van der Waals surface area contributed by atoms with E-state index < -0.39 is 33.0 Å². The van der Waals surface area contributed by atoms with E-state index in [1.54, 1.807) is 27.7 Å². The van der Waals surface area contributed by atoms with Gasteiger partial charge in [0.25, 0.3) is 5.88 Å². The van der Waals surface area contributed by atoms with Crippen LogP contribution in [-0.4, -0.2) is 61.3 Å². The van der Waals surface area contributed by atoms with E-state index in [-0.39, 0.29) is 36.4 Å². The largest absolute Gasteiger partial charge is 0.464 e. The molecular formula is C25H31Br2ClN4O10. The molecule has 4 rings (SSSR count). The third-order valence-electron chi connectivity index (χ3n) is 5.80. The summed E-state index contributed by atoms with van der Waals surface area (Å²) >= 11 is 11.8. The number of rotatable bonds is 8. The zero-order chi connectivity index (χ0) is 31.1. The Kier molecular flexibility index (Phi) is 13.7. The number of hydrogen-bond acceptors (Lipinski definition) is 12. The maximum absolute atomic E-state index is 11.8. The smallest absolute Gasteiger partial charge is 0.350 e. The van der Waals surface area contributed by atoms with Gasteiger partial charge in [-0.3, -0.25) is 20.2 Å². The summed E-state index contributed by atoms with van der Waals surface area (Å²) in [5.74, 6) is -1.12. The molecule has 1 N–H and O–H groups in total. The lowest BCUT2D eigenvalue weighted by molar-refractivity contribution is -0.387. The first kappa shape index (κ1) is 37.1. The van der Waals surface area contributed by atoms with Gasteiger partial charge in [0, 0.05) is 45.3 Å². The molecule has 0 atom stereocenters. The fourth-order valence-corrected chi connectivity index (χ4v) is 3.92. The number of carbonyl (C=O) groups excluding carboxylic acids is 2. The average molecular weight is 743 g/mol. The highest BCUT2D eigenvalue weighted by atomic mass is 79.9. The highest BCUT2D eigenvalue weighted by Gasteiger charge is 2.56. The summed E-state index contributed by atoms with van der Waals surface area (Å²) in [6.07, 6.45) is 4.92. The average Bonchev–Trinajstić information content (AvgIpc) is 3.83. The molecular weight excluding hydrogens is 712 g/mol. The van der Waals surface area contributed by atoms with Crippen LogP contribution >= 0.6 is 43.5 Å². The number of nitrogens with zero attached hydrogens (tertiary/aromatic N) is 4. The third-order valence-corrected chi connectivity index (χ3v) is 7.67. The molecule has 0 aromatic carbocycles. The number of aliphatic hydroxyl groups is 1. The Morgan fingerprint density at radius 1 is 0.929 bits per heavy atom. The van der Waals surface area contributed by atoms with Gasteiger partial charge in [-0.2, -0.15) is 0 Å². The molecule has 42 heavy (non-hydrogen) atoms. The van der Waals surface area contributed by atoms with E-state index in [0.717, 1.165) is 0 Å². The molecule has 2 saturated carbocycles. The van der Waals surface area contributed by atoms with Crippen molar-refractivity contribution in [2.45, 2.75) is 72.0 Å². The van der Waals surface area contributed by atoms with E-state index in [2.05, 4.69) is 46.6 Å². The van der Waals surface area contributed by atoms with Crippen LogP contribution in [0.1, 0.15) is 58.1 Å². The minimum absolute atomic E-state index is 0. The number of nitro groups is 2. The second-order valence-electron chi connectivity index (χ2n) is 8.84. The topological polar surface area (TPSA) is 194 Å². The number of halogens is 3. The number of aromatic nitrogens is 2. The minimum Gasteiger partial charge on any atom is -0.464 e. The molecule has 2 aliphatic carbocycles. The van der Waals surface area contributed by atoms with Gasteiger partial charge in [0.1, 0.15) is 0 Å². The maximum atomic E-state index is 11.8. The first-order valence-corrected chi connectivity index (χ1v) is 14.1. The molecule has 0 amide bonds. The number of hydrogen-bond donors (Lipinski definition) is 1. The third kappa shape index (κ3) is 9.28. The fourth-order valence-electron chi connectivity index (χ4n) is 3.08. The quantitative estimate of drug-likeness (QED) is 0.145. The standard InChI is InChI=1S/C12H13BrN2O5.C6H4BrClN2O2.C6H10O3.CH4/c1-3-19-11(16)12(4-5-12)20-10-9(15(17)18)7(2)8(13)6-14-10;1-3-4(7)2-9-6(8)5(3)10(11)12;1-2-9-5(7)6(8)3-4-6;/h6H,3-5H2,1-2H3;2H,1H3;8H,2-4H2,1H3;1H4. The summed E-state index contributed by atoms with van der Waals surface area (Å²) < 4.78 is 16.1. The first-order chi connectivity index (χ1) is 19.1. The lowest BCUT2D eigenvalue weighted by Gasteiger charge is -2.16. The molecule has 2 heterocycles. The van der Waals surface area contributed by atoms with Crippen LogP contribution in [0.25, 0.3) is 0 Å². The van der Waals surface area contributed by atoms with Gasteiger partial charge in [-0.15, -0.1) is 0 Å². The van der Waals surface area contributed by atoms with Crippen molar-refractivity contribution in [3.63, 3.8) is 0 Å². The summed E-state index contributed by atoms with van der Waals surface area (Å²) in [5, 5.41) is 30.6. The van der Waals surface area contributed by atoms with Crippen LogP contribution in [0.3, 0.4) is 0 Å². The van der Waals surface area contributed by atoms with Gasteiger partial charge < -0.3 is 19.3 Å². The summed E-state index contributed by atoms with van der Waals surface area (Å²) in [6, 6.07) is 0. The van der Waals surface area contributed by atoms with Gasteiger partial charge in [-0.25, -0.2) is 19.6 Å². The van der Waals surface area contributed by atoms with Gasteiger partial charge in [-0.05, 0) is 72.4 Å². The minimum atomic E-state index is -1.12. The second kappa shape index (κ2) is 15.5. The van der Waals surface area contributed by atoms with Crippen molar-refractivity contribution in [3.05, 3.63) is 57.8 Å². The summed E-state index contributed by atoms with van der Waals surface area (Å²) in [4.78, 5) is 50.5. The van der Waals surface area contributed by atoms with Crippen molar-refractivity contribution in [2.24, 2.45) is 0 Å². The molecule has 0 unspecified atom stereocenters. The van der Waals surface area contributed by atoms with Gasteiger partial charge in [0.2, 0.25) is 10.8 Å². The molecule has 2 fully saturated rings. The van der Waals surface area contributed by atoms with Gasteiger partial charge in [0.05, 0.1) is 23.1 Å². The second-order valence-corrected chi connectivity index (χ2v) is 10.9. The van der Waals surface area contributed by atoms with E-state index in [0.29, 0.717) is 52.4 Å². The fraction of sp³-hybridized carbons (Fsp3) is 0.520. The Labute approximate surface area is 263 Å². The maximum Gasteiger partial charge on any atom is 0.350 e. The Bertz CT molecular complexity index is 1340. The van der Waals surface area contributed by atoms with Crippen LogP contribution in [0.4, 0.5) is 11.4 Å². The number of esters is 2. The van der Waals surface area contributed by atoms with E-state index in [1.165, 1.54) is 12.4 Å². The van der Waals surface area contributed by atoms with Crippen molar-refractivity contribution in [3.8, 4) is 5.88 Å². The number of carbonyl (C=O) groups is 2. The summed E-state index contributed by atoms with van der Waals surface area (Å²) in [5.41, 5.74) is -1.72. The van der Waals surface area contributed by atoms with Gasteiger partial charge >= 0.3 is 23.3 Å². The Morgan fingerprint density at radius 3 is 1.79 bits per heavy atom. The predicted octanol–water partition coefficient (Wildman–Crippen LogP) is 5.96. The van der Waals surface area contributed by atoms with Gasteiger partial charge in [0.15, 0.2) is 5.60 Å². The predicted molar refractivity (Wildman–Crippen MR) is 158 cm³/mol. The van der Waals surface area contributed by atoms with Crippen LogP contribution in [-0.2, 0) is 19.1 Å². The Balaban J connectivity index is 0.000000342. The molecule has 2 aromatic heterocycles. The SMILES string of the molecule is C.CCOC(=O)C1(O)CC1.CCOC(=O)C1(Oc2ncc(Br)c(C)c2[N+](=O)[O-])CC1.Cc1c(Br)cnc(Cl)c1[N+](=O)[O-]. The van der Waals surface area contributed by atoms with Crippen molar-refractivity contribution in [2.75, 3.05) is 13.2 Å². The molecule has 14 nitrogen and oxygen atoms in total. The Morgan fingerprint density at radius 2 is 1.38 bits per heavy atom. The first-order valence-electron chi connectivity index (χ1n) is 12.1. The van der Waals surface area contributed by atoms with E-state index in [4.69, 9.17) is 26.2 Å². The van der Waals surface area contributed by atoms with E-state index >= 15 is 0 Å². The molecule has 0 aliphatic heterocycles. The monoisotopic (exact) mass is 740 g/mol. The van der Waals surface area contributed by atoms with Crippen LogP contribution < -0.4 is 4.74 Å². The molecule has 0 saturated heterocycles. The molecule has 0 radical (unpaired) electrons. The molecule has 17 heteroatoms. The molecule has 0 spiro atoms. The van der Waals surface area contributed by atoms with Crippen molar-refractivity contribution in [1.29, 1.82) is 0 Å². The molecule has 2 aliphatic rings. The van der Waals surface area contributed by atoms with Crippen LogP contribution in [0.2, 0.25) is 5.15 Å². The zero-order valence-corrected chi connectivity index (χ0v) is 26.4. The number of ether oxygens (including phenoxy) is 3. The van der Waals surface area contributed by atoms with Crippen molar-refractivity contribution in [1.82, 2.24) is 9.97 Å². The van der Waals surface area contributed by atoms with Gasteiger partial charge in [-0.1, -0.05) is 19.0 Å². The normalized spacial score (nSPS) is 14.8. The lowest BCUT2D eigenvalue weighted by atomic mass is 10.2. The lowest BCUT2D eigenvalue weighted by Crippen LogP contribution is -2.32. The van der Waals surface area contributed by atoms with E-state index in [9.17, 15) is 29.8 Å². The van der Waals surface area contributed by atoms with E-state index in [1.807, 2.05) is 0 Å².